The molecule has 0 saturated heterocycles. The fraction of sp³-hybridized carbons (Fsp3) is 0.167. The fourth-order valence-electron chi connectivity index (χ4n) is 2.78. The van der Waals surface area contributed by atoms with Gasteiger partial charge in [-0.25, -0.2) is 13.4 Å². The minimum Gasteiger partial charge on any atom is -0.336 e. The smallest absolute Gasteiger partial charge is 0.245 e. The number of sulfonamides is 1. The predicted octanol–water partition coefficient (Wildman–Crippen LogP) is 4.79. The molecule has 5 nitrogen and oxygen atoms in total. The summed E-state index contributed by atoms with van der Waals surface area (Å²) in [6, 6.07) is 10.8. The molecule has 0 N–H and O–H groups in total. The monoisotopic (exact) mass is 443 g/mol. The number of benzene rings is 2. The Labute approximate surface area is 173 Å². The molecule has 142 valence electrons. The van der Waals surface area contributed by atoms with Gasteiger partial charge in [-0.1, -0.05) is 53.0 Å². The number of hydrogen-bond acceptors (Lipinski definition) is 3. The van der Waals surface area contributed by atoms with Crippen molar-refractivity contribution in [1.29, 1.82) is 0 Å². The van der Waals surface area contributed by atoms with Crippen molar-refractivity contribution in [3.8, 4) is 0 Å². The van der Waals surface area contributed by atoms with E-state index in [0.717, 1.165) is 5.56 Å². The number of aromatic nitrogens is 2. The van der Waals surface area contributed by atoms with Crippen LogP contribution in [-0.2, 0) is 17.1 Å². The Morgan fingerprint density at radius 2 is 1.74 bits per heavy atom. The Balaban J connectivity index is 2.16. The maximum Gasteiger partial charge on any atom is 0.245 e. The average Bonchev–Trinajstić information content (AvgIpc) is 3.04. The molecule has 0 saturated carbocycles. The molecule has 1 aromatic heterocycles. The largest absolute Gasteiger partial charge is 0.336 e. The lowest BCUT2D eigenvalue weighted by Gasteiger charge is -2.28. The van der Waals surface area contributed by atoms with Crippen molar-refractivity contribution in [1.82, 2.24) is 13.9 Å². The molecule has 3 aromatic rings. The first-order valence-electron chi connectivity index (χ1n) is 7.88. The van der Waals surface area contributed by atoms with Crippen LogP contribution >= 0.6 is 34.8 Å². The summed E-state index contributed by atoms with van der Waals surface area (Å²) in [5.41, 5.74) is 0.720. The molecule has 1 heterocycles. The SMILES string of the molecule is CN([C@@H](c1ccc(Cl)cc1)c1nccn1C)S(=O)(=O)c1cccc(Cl)c1Cl. The molecule has 0 radical (unpaired) electrons. The van der Waals surface area contributed by atoms with Crippen molar-refractivity contribution in [3.63, 3.8) is 0 Å². The van der Waals surface area contributed by atoms with Crippen molar-refractivity contribution in [2.24, 2.45) is 7.05 Å². The third-order valence-electron chi connectivity index (χ3n) is 4.23. The van der Waals surface area contributed by atoms with Crippen molar-refractivity contribution in [3.05, 3.63) is 81.3 Å². The van der Waals surface area contributed by atoms with Crippen molar-refractivity contribution in [2.45, 2.75) is 10.9 Å². The molecule has 0 aliphatic carbocycles. The highest BCUT2D eigenvalue weighted by atomic mass is 35.5. The van der Waals surface area contributed by atoms with Gasteiger partial charge < -0.3 is 4.57 Å². The Morgan fingerprint density at radius 3 is 2.33 bits per heavy atom. The van der Waals surface area contributed by atoms with Crippen molar-refractivity contribution >= 4 is 44.8 Å². The minimum absolute atomic E-state index is 0.0132. The van der Waals surface area contributed by atoms with E-state index < -0.39 is 16.1 Å². The molecule has 1 atom stereocenters. The summed E-state index contributed by atoms with van der Waals surface area (Å²) in [6.07, 6.45) is 3.37. The van der Waals surface area contributed by atoms with Gasteiger partial charge in [-0.2, -0.15) is 4.31 Å². The molecule has 0 aliphatic heterocycles. The fourth-order valence-corrected chi connectivity index (χ4v) is 4.95. The van der Waals surface area contributed by atoms with Gasteiger partial charge in [0.05, 0.1) is 10.0 Å². The zero-order valence-electron chi connectivity index (χ0n) is 14.5. The highest BCUT2D eigenvalue weighted by Crippen LogP contribution is 2.36. The van der Waals surface area contributed by atoms with Crippen LogP contribution in [0.1, 0.15) is 17.4 Å². The van der Waals surface area contributed by atoms with Gasteiger partial charge in [0, 0.05) is 31.5 Å². The molecule has 0 fully saturated rings. The van der Waals surface area contributed by atoms with Gasteiger partial charge in [0.25, 0.3) is 0 Å². The summed E-state index contributed by atoms with van der Waals surface area (Å²) in [5.74, 6) is 0.557. The molecule has 0 spiro atoms. The van der Waals surface area contributed by atoms with Gasteiger partial charge in [-0.05, 0) is 29.8 Å². The Kier molecular flexibility index (Phi) is 5.84. The van der Waals surface area contributed by atoms with E-state index in [1.807, 2.05) is 0 Å². The second kappa shape index (κ2) is 7.81. The molecular weight excluding hydrogens is 429 g/mol. The summed E-state index contributed by atoms with van der Waals surface area (Å²) in [7, 11) is -0.672. The number of imidazole rings is 1. The summed E-state index contributed by atoms with van der Waals surface area (Å²) in [4.78, 5) is 4.29. The first-order chi connectivity index (χ1) is 12.7. The number of rotatable bonds is 5. The van der Waals surface area contributed by atoms with Crippen LogP contribution < -0.4 is 0 Å². The van der Waals surface area contributed by atoms with Gasteiger partial charge in [-0.3, -0.25) is 0 Å². The summed E-state index contributed by atoms with van der Waals surface area (Å²) >= 11 is 18.2. The maximum atomic E-state index is 13.3. The van der Waals surface area contributed by atoms with E-state index in [-0.39, 0.29) is 14.9 Å². The number of hydrogen-bond donors (Lipinski definition) is 0. The Morgan fingerprint density at radius 1 is 1.07 bits per heavy atom. The number of nitrogens with zero attached hydrogens (tertiary/aromatic N) is 3. The minimum atomic E-state index is -3.96. The van der Waals surface area contributed by atoms with Crippen molar-refractivity contribution < 1.29 is 8.42 Å². The molecule has 3 rings (SSSR count). The number of aryl methyl sites for hydroxylation is 1. The van der Waals surface area contributed by atoms with Crippen LogP contribution in [0.3, 0.4) is 0 Å². The molecule has 0 amide bonds. The van der Waals surface area contributed by atoms with Crippen LogP contribution in [0, 0.1) is 0 Å². The Hall–Kier alpha value is -1.57. The average molecular weight is 445 g/mol. The standard InChI is InChI=1S/C18H16Cl3N3O2S/c1-23-11-10-22-18(23)17(12-6-8-13(19)9-7-12)24(2)27(25,26)15-5-3-4-14(20)16(15)21/h3-11,17H,1-2H3/t17-/m0/s1. The van der Waals surface area contributed by atoms with E-state index in [2.05, 4.69) is 4.98 Å². The van der Waals surface area contributed by atoms with E-state index in [1.165, 1.54) is 17.4 Å². The van der Waals surface area contributed by atoms with Gasteiger partial charge in [0.15, 0.2) is 0 Å². The molecular formula is C18H16Cl3N3O2S. The molecule has 0 unspecified atom stereocenters. The third kappa shape index (κ3) is 3.86. The van der Waals surface area contributed by atoms with Gasteiger partial charge >= 0.3 is 0 Å². The first kappa shape index (κ1) is 20.2. The summed E-state index contributed by atoms with van der Waals surface area (Å²) < 4.78 is 29.6. The van der Waals surface area contributed by atoms with Gasteiger partial charge in [-0.15, -0.1) is 0 Å². The molecule has 0 bridgehead atoms. The molecule has 27 heavy (non-hydrogen) atoms. The molecule has 9 heteroatoms. The zero-order valence-corrected chi connectivity index (χ0v) is 17.6. The highest BCUT2D eigenvalue weighted by molar-refractivity contribution is 7.89. The van der Waals surface area contributed by atoms with E-state index in [4.69, 9.17) is 34.8 Å². The lowest BCUT2D eigenvalue weighted by molar-refractivity contribution is 0.398. The summed E-state index contributed by atoms with van der Waals surface area (Å²) in [6.45, 7) is 0. The van der Waals surface area contributed by atoms with E-state index in [0.29, 0.717) is 10.8 Å². The highest BCUT2D eigenvalue weighted by Gasteiger charge is 2.34. The summed E-state index contributed by atoms with van der Waals surface area (Å²) in [5, 5.41) is 0.715. The maximum absolute atomic E-state index is 13.3. The molecule has 2 aromatic carbocycles. The zero-order chi connectivity index (χ0) is 19.8. The van der Waals surface area contributed by atoms with Crippen LogP contribution in [0.25, 0.3) is 0 Å². The van der Waals surface area contributed by atoms with Gasteiger partial charge in [0.1, 0.15) is 16.8 Å². The van der Waals surface area contributed by atoms with E-state index >= 15 is 0 Å². The van der Waals surface area contributed by atoms with E-state index in [9.17, 15) is 8.42 Å². The van der Waals surface area contributed by atoms with E-state index in [1.54, 1.807) is 60.4 Å². The topological polar surface area (TPSA) is 55.2 Å². The van der Waals surface area contributed by atoms with Gasteiger partial charge in [0.2, 0.25) is 10.0 Å². The van der Waals surface area contributed by atoms with Crippen LogP contribution in [0.15, 0.2) is 59.8 Å². The number of halogens is 3. The molecule has 0 aliphatic rings. The third-order valence-corrected chi connectivity index (χ3v) is 7.27. The normalized spacial score (nSPS) is 13.1. The lowest BCUT2D eigenvalue weighted by Crippen LogP contribution is -2.33. The second-order valence-corrected chi connectivity index (χ2v) is 9.11. The first-order valence-corrected chi connectivity index (χ1v) is 10.5. The van der Waals surface area contributed by atoms with Crippen molar-refractivity contribution in [2.75, 3.05) is 7.05 Å². The van der Waals surface area contributed by atoms with Crippen LogP contribution in [0.2, 0.25) is 15.1 Å². The quantitative estimate of drug-likeness (QED) is 0.568. The predicted molar refractivity (Wildman–Crippen MR) is 108 cm³/mol. The lowest BCUT2D eigenvalue weighted by atomic mass is 10.1. The Bertz CT molecular complexity index is 1070. The van der Waals surface area contributed by atoms with Crippen LogP contribution in [-0.4, -0.2) is 29.3 Å². The second-order valence-electron chi connectivity index (χ2n) is 5.92. The van der Waals surface area contributed by atoms with Crippen LogP contribution in [0.5, 0.6) is 0 Å². The van der Waals surface area contributed by atoms with Crippen LogP contribution in [0.4, 0.5) is 0 Å².